The molecule has 5 rings (SSSR count). The molecule has 1 saturated carbocycles. The van der Waals surface area contributed by atoms with Gasteiger partial charge in [0, 0.05) is 19.4 Å². The molecule has 0 bridgehead atoms. The first-order valence-electron chi connectivity index (χ1n) is 12.0. The third kappa shape index (κ3) is 5.05. The van der Waals surface area contributed by atoms with Crippen molar-refractivity contribution >= 4 is 17.7 Å². The van der Waals surface area contributed by atoms with Crippen LogP contribution in [0.5, 0.6) is 11.5 Å². The fraction of sp³-hybridized carbons (Fsp3) is 0.625. The van der Waals surface area contributed by atoms with Gasteiger partial charge in [-0.1, -0.05) is 43.5 Å². The van der Waals surface area contributed by atoms with Gasteiger partial charge in [0.2, 0.25) is 11.1 Å². The Bertz CT molecular complexity index is 928. The highest BCUT2D eigenvalue weighted by molar-refractivity contribution is 7.99. The fourth-order valence-corrected chi connectivity index (χ4v) is 5.81. The molecule has 8 heteroatoms. The Kier molecular flexibility index (Phi) is 6.86. The lowest BCUT2D eigenvalue weighted by atomic mass is 10.0. The Labute approximate surface area is 193 Å². The minimum absolute atomic E-state index is 0.0920. The van der Waals surface area contributed by atoms with Crippen molar-refractivity contribution in [1.82, 2.24) is 20.1 Å². The molecule has 1 atom stereocenters. The summed E-state index contributed by atoms with van der Waals surface area (Å²) in [6.45, 7) is 2.14. The molecule has 1 saturated heterocycles. The lowest BCUT2D eigenvalue weighted by Crippen LogP contribution is -2.32. The van der Waals surface area contributed by atoms with E-state index in [0.29, 0.717) is 24.1 Å². The van der Waals surface area contributed by atoms with Crippen LogP contribution in [0.15, 0.2) is 23.4 Å². The van der Waals surface area contributed by atoms with Crippen LogP contribution >= 0.6 is 11.8 Å². The summed E-state index contributed by atoms with van der Waals surface area (Å²) >= 11 is 1.43. The van der Waals surface area contributed by atoms with E-state index in [1.807, 2.05) is 11.0 Å². The molecule has 1 aliphatic carbocycles. The molecule has 172 valence electrons. The summed E-state index contributed by atoms with van der Waals surface area (Å²) in [5, 5.41) is 8.05. The minimum atomic E-state index is 0.0920. The molecular formula is C24H32N4O3S. The molecule has 2 aromatic rings. The third-order valence-electron chi connectivity index (χ3n) is 6.83. The zero-order valence-electron chi connectivity index (χ0n) is 18.6. The van der Waals surface area contributed by atoms with Crippen LogP contribution in [0.2, 0.25) is 0 Å². The van der Waals surface area contributed by atoms with Crippen molar-refractivity contribution < 1.29 is 14.3 Å². The fourth-order valence-electron chi connectivity index (χ4n) is 5.10. The van der Waals surface area contributed by atoms with E-state index < -0.39 is 0 Å². The van der Waals surface area contributed by atoms with Crippen molar-refractivity contribution in [2.75, 3.05) is 25.5 Å². The molecule has 32 heavy (non-hydrogen) atoms. The molecule has 2 fully saturated rings. The number of ether oxygens (including phenoxy) is 2. The van der Waals surface area contributed by atoms with Crippen molar-refractivity contribution in [3.05, 3.63) is 29.6 Å². The largest absolute Gasteiger partial charge is 0.490 e. The molecule has 3 aliphatic rings. The van der Waals surface area contributed by atoms with Gasteiger partial charge in [0.25, 0.3) is 0 Å². The zero-order chi connectivity index (χ0) is 21.8. The first-order valence-corrected chi connectivity index (χ1v) is 13.0. The molecule has 1 N–H and O–H groups in total. The van der Waals surface area contributed by atoms with Crippen LogP contribution in [0, 0.1) is 5.92 Å². The number of hydrogen-bond donors (Lipinski definition) is 1. The molecule has 1 amide bonds. The quantitative estimate of drug-likeness (QED) is 0.616. The molecule has 1 aromatic carbocycles. The number of aryl methyl sites for hydroxylation is 1. The van der Waals surface area contributed by atoms with E-state index in [4.69, 9.17) is 9.47 Å². The number of carbonyl (C=O) groups is 1. The summed E-state index contributed by atoms with van der Waals surface area (Å²) in [6.07, 6.45) is 10.5. The summed E-state index contributed by atoms with van der Waals surface area (Å²) in [5.74, 6) is 3.88. The molecule has 7 nitrogen and oxygen atoms in total. The highest BCUT2D eigenvalue weighted by atomic mass is 32.2. The van der Waals surface area contributed by atoms with Gasteiger partial charge in [0.15, 0.2) is 11.5 Å². The van der Waals surface area contributed by atoms with E-state index in [1.165, 1.54) is 43.9 Å². The van der Waals surface area contributed by atoms with Gasteiger partial charge in [0.05, 0.1) is 25.0 Å². The maximum Gasteiger partial charge on any atom is 0.233 e. The first kappa shape index (κ1) is 21.6. The Morgan fingerprint density at radius 1 is 1.09 bits per heavy atom. The molecule has 0 spiro atoms. The number of H-pyrrole nitrogens is 1. The van der Waals surface area contributed by atoms with Gasteiger partial charge in [-0.05, 0) is 42.9 Å². The third-order valence-corrected chi connectivity index (χ3v) is 7.66. The number of nitrogens with zero attached hydrogens (tertiary/aromatic N) is 3. The van der Waals surface area contributed by atoms with Crippen LogP contribution in [0.1, 0.15) is 68.8 Å². The number of nitrogens with one attached hydrogen (secondary N) is 1. The maximum absolute atomic E-state index is 13.0. The molecule has 3 heterocycles. The van der Waals surface area contributed by atoms with Crippen molar-refractivity contribution in [2.45, 2.75) is 69.0 Å². The van der Waals surface area contributed by atoms with Gasteiger partial charge in [0.1, 0.15) is 5.82 Å². The number of amides is 1. The number of fused-ring (bicyclic) bond motifs is 1. The Hall–Kier alpha value is -2.22. The van der Waals surface area contributed by atoms with Crippen LogP contribution < -0.4 is 9.47 Å². The molecule has 0 radical (unpaired) electrons. The van der Waals surface area contributed by atoms with Crippen molar-refractivity contribution in [3.8, 4) is 11.5 Å². The second-order valence-electron chi connectivity index (χ2n) is 9.04. The van der Waals surface area contributed by atoms with Gasteiger partial charge in [-0.25, -0.2) is 4.98 Å². The van der Waals surface area contributed by atoms with Crippen LogP contribution in [-0.4, -0.2) is 51.5 Å². The van der Waals surface area contributed by atoms with Gasteiger partial charge in [-0.3, -0.25) is 9.89 Å². The van der Waals surface area contributed by atoms with Crippen LogP contribution in [0.4, 0.5) is 0 Å². The predicted octanol–water partition coefficient (Wildman–Crippen LogP) is 4.54. The van der Waals surface area contributed by atoms with Crippen molar-refractivity contribution in [1.29, 1.82) is 0 Å². The number of aromatic nitrogens is 3. The second-order valence-corrected chi connectivity index (χ2v) is 9.99. The number of rotatable bonds is 7. The summed E-state index contributed by atoms with van der Waals surface area (Å²) in [5.41, 5.74) is 1.12. The summed E-state index contributed by atoms with van der Waals surface area (Å²) < 4.78 is 11.6. The Balaban J connectivity index is 1.16. The first-order chi connectivity index (χ1) is 15.8. The van der Waals surface area contributed by atoms with E-state index >= 15 is 0 Å². The van der Waals surface area contributed by atoms with Gasteiger partial charge in [-0.2, -0.15) is 0 Å². The number of hydrogen-bond acceptors (Lipinski definition) is 6. The van der Waals surface area contributed by atoms with Crippen LogP contribution in [0.25, 0.3) is 0 Å². The van der Waals surface area contributed by atoms with E-state index in [2.05, 4.69) is 27.3 Å². The molecular weight excluding hydrogens is 424 g/mol. The van der Waals surface area contributed by atoms with Gasteiger partial charge >= 0.3 is 0 Å². The monoisotopic (exact) mass is 456 g/mol. The van der Waals surface area contributed by atoms with Gasteiger partial charge < -0.3 is 14.4 Å². The van der Waals surface area contributed by atoms with E-state index in [1.54, 1.807) is 0 Å². The number of aromatic amines is 1. The zero-order valence-corrected chi connectivity index (χ0v) is 19.4. The highest BCUT2D eigenvalue weighted by Crippen LogP contribution is 2.38. The minimum Gasteiger partial charge on any atom is -0.490 e. The Morgan fingerprint density at radius 2 is 1.94 bits per heavy atom. The average molecular weight is 457 g/mol. The van der Waals surface area contributed by atoms with Crippen molar-refractivity contribution in [2.24, 2.45) is 5.92 Å². The summed E-state index contributed by atoms with van der Waals surface area (Å²) in [7, 11) is 0. The number of likely N-dealkylation sites (tertiary alicyclic amines) is 1. The normalized spacial score (nSPS) is 21.1. The lowest BCUT2D eigenvalue weighted by molar-refractivity contribution is -0.129. The number of carbonyl (C=O) groups excluding carboxylic acids is 1. The van der Waals surface area contributed by atoms with E-state index in [-0.39, 0.29) is 11.9 Å². The standard InChI is InChI=1S/C24H32N4O3S/c29-23(16-32-24-25-22(26-27-24)11-8-17-5-1-2-6-17)28-12-3-7-19(28)18-9-10-20-21(15-18)31-14-4-13-30-20/h9-10,15,17,19H,1-8,11-14,16H2,(H,25,26,27)/t19-/m0/s1. The second kappa shape index (κ2) is 10.1. The predicted molar refractivity (Wildman–Crippen MR) is 123 cm³/mol. The molecule has 1 aromatic heterocycles. The van der Waals surface area contributed by atoms with E-state index in [9.17, 15) is 4.79 Å². The maximum atomic E-state index is 13.0. The van der Waals surface area contributed by atoms with Crippen molar-refractivity contribution in [3.63, 3.8) is 0 Å². The highest BCUT2D eigenvalue weighted by Gasteiger charge is 2.31. The summed E-state index contributed by atoms with van der Waals surface area (Å²) in [4.78, 5) is 19.6. The van der Waals surface area contributed by atoms with Crippen LogP contribution in [0.3, 0.4) is 0 Å². The Morgan fingerprint density at radius 3 is 2.81 bits per heavy atom. The topological polar surface area (TPSA) is 80.3 Å². The van der Waals surface area contributed by atoms with Gasteiger partial charge in [-0.15, -0.1) is 5.10 Å². The average Bonchev–Trinajstić information content (AvgIpc) is 3.56. The molecule has 0 unspecified atom stereocenters. The smallest absolute Gasteiger partial charge is 0.233 e. The summed E-state index contributed by atoms with van der Waals surface area (Å²) in [6, 6.07) is 6.19. The molecule has 2 aliphatic heterocycles. The SMILES string of the molecule is O=C(CSc1n[nH]c(CCC2CCCC2)n1)N1CCC[C@H]1c1ccc2c(c1)OCCCO2. The van der Waals surface area contributed by atoms with E-state index in [0.717, 1.165) is 61.0 Å². The number of benzene rings is 1. The number of thioether (sulfide) groups is 1. The lowest BCUT2D eigenvalue weighted by Gasteiger charge is -2.25. The van der Waals surface area contributed by atoms with Crippen LogP contribution in [-0.2, 0) is 11.2 Å².